The normalized spacial score (nSPS) is 13.7. The van der Waals surface area contributed by atoms with Crippen molar-refractivity contribution in [3.05, 3.63) is 58.7 Å². The highest BCUT2D eigenvalue weighted by Crippen LogP contribution is 2.28. The summed E-state index contributed by atoms with van der Waals surface area (Å²) >= 11 is 1.47. The van der Waals surface area contributed by atoms with Crippen LogP contribution in [0.4, 0.5) is 0 Å². The average Bonchev–Trinajstić information content (AvgIpc) is 3.05. The van der Waals surface area contributed by atoms with Crippen molar-refractivity contribution < 1.29 is 8.42 Å². The summed E-state index contributed by atoms with van der Waals surface area (Å²) in [5.74, 6) is -0.0340. The topological polar surface area (TPSA) is 51.4 Å². The van der Waals surface area contributed by atoms with Crippen LogP contribution in [0.15, 0.2) is 48.1 Å². The second-order valence-corrected chi connectivity index (χ2v) is 7.96. The minimum atomic E-state index is -3.25. The first-order valence-electron chi connectivity index (χ1n) is 6.24. The molecule has 0 aliphatic rings. The van der Waals surface area contributed by atoms with Gasteiger partial charge in [0, 0.05) is 17.3 Å². The van der Waals surface area contributed by atoms with Gasteiger partial charge in [-0.15, -0.1) is 11.3 Å². The van der Waals surface area contributed by atoms with E-state index in [1.165, 1.54) is 11.3 Å². The van der Waals surface area contributed by atoms with Crippen LogP contribution in [-0.2, 0) is 15.6 Å². The molecule has 0 spiro atoms. The molecule has 3 rings (SSSR count). The number of hydrogen-bond acceptors (Lipinski definition) is 4. The van der Waals surface area contributed by atoms with Crippen molar-refractivity contribution in [3.63, 3.8) is 0 Å². The lowest BCUT2D eigenvalue weighted by Crippen LogP contribution is -2.12. The first-order chi connectivity index (χ1) is 9.56. The molecule has 0 N–H and O–H groups in total. The minimum Gasteiger partial charge on any atom is -0.307 e. The summed E-state index contributed by atoms with van der Waals surface area (Å²) in [6.45, 7) is 1.73. The van der Waals surface area contributed by atoms with E-state index in [0.29, 0.717) is 5.69 Å². The van der Waals surface area contributed by atoms with Gasteiger partial charge in [0.05, 0.1) is 16.7 Å². The van der Waals surface area contributed by atoms with Gasteiger partial charge in [-0.3, -0.25) is 0 Å². The maximum Gasteiger partial charge on any atom is 0.163 e. The summed E-state index contributed by atoms with van der Waals surface area (Å²) in [5.41, 5.74) is 1.35. The lowest BCUT2D eigenvalue weighted by atomic mass is 10.4. The predicted molar refractivity (Wildman–Crippen MR) is 80.5 cm³/mol. The van der Waals surface area contributed by atoms with Gasteiger partial charge in [0.2, 0.25) is 0 Å². The quantitative estimate of drug-likeness (QED) is 0.744. The van der Waals surface area contributed by atoms with E-state index in [2.05, 4.69) is 4.98 Å². The number of rotatable bonds is 4. The van der Waals surface area contributed by atoms with Crippen molar-refractivity contribution in [2.45, 2.75) is 17.9 Å². The van der Waals surface area contributed by atoms with Crippen LogP contribution in [0.3, 0.4) is 0 Å². The number of aromatic nitrogens is 2. The van der Waals surface area contributed by atoms with E-state index < -0.39 is 15.1 Å². The summed E-state index contributed by atoms with van der Waals surface area (Å²) in [5, 5.41) is 1.40. The Hall–Kier alpha value is -1.66. The molecule has 3 aromatic rings. The molecule has 20 heavy (non-hydrogen) atoms. The fraction of sp³-hybridized carbons (Fsp3) is 0.214. The molecule has 4 nitrogen and oxygen atoms in total. The number of sulfone groups is 1. The maximum absolute atomic E-state index is 12.4. The monoisotopic (exact) mass is 306 g/mol. The van der Waals surface area contributed by atoms with Gasteiger partial charge in [0.1, 0.15) is 5.65 Å². The zero-order valence-corrected chi connectivity index (χ0v) is 12.6. The van der Waals surface area contributed by atoms with Crippen LogP contribution in [-0.4, -0.2) is 17.8 Å². The molecular weight excluding hydrogens is 292 g/mol. The lowest BCUT2D eigenvalue weighted by molar-refractivity contribution is 0.585. The molecule has 0 saturated heterocycles. The number of hydrogen-bond donors (Lipinski definition) is 0. The molecule has 0 saturated carbocycles. The van der Waals surface area contributed by atoms with Gasteiger partial charge in [-0.25, -0.2) is 13.4 Å². The van der Waals surface area contributed by atoms with Crippen LogP contribution in [0.1, 0.15) is 22.7 Å². The fourth-order valence-electron chi connectivity index (χ4n) is 2.09. The van der Waals surface area contributed by atoms with E-state index in [1.54, 1.807) is 13.1 Å². The third-order valence-electron chi connectivity index (χ3n) is 3.25. The maximum atomic E-state index is 12.4. The summed E-state index contributed by atoms with van der Waals surface area (Å²) < 4.78 is 26.7. The Morgan fingerprint density at radius 2 is 2.15 bits per heavy atom. The summed E-state index contributed by atoms with van der Waals surface area (Å²) in [6.07, 6.45) is 3.63. The van der Waals surface area contributed by atoms with Crippen LogP contribution in [0, 0.1) is 0 Å². The molecule has 0 fully saturated rings. The van der Waals surface area contributed by atoms with E-state index in [4.69, 9.17) is 0 Å². The highest BCUT2D eigenvalue weighted by Gasteiger charge is 2.24. The van der Waals surface area contributed by atoms with E-state index in [1.807, 2.05) is 46.3 Å². The molecule has 0 aliphatic carbocycles. The number of pyridine rings is 1. The van der Waals surface area contributed by atoms with Crippen LogP contribution in [0.2, 0.25) is 0 Å². The van der Waals surface area contributed by atoms with Crippen LogP contribution >= 0.6 is 11.3 Å². The summed E-state index contributed by atoms with van der Waals surface area (Å²) in [4.78, 5) is 5.22. The number of thiophene rings is 1. The zero-order valence-electron chi connectivity index (χ0n) is 10.9. The number of fused-ring (bicyclic) bond motifs is 1. The molecule has 3 aromatic heterocycles. The molecule has 0 aromatic carbocycles. The standard InChI is InChI=1S/C14H14N2O2S2/c1-11(13-5-4-8-19-13)20(17,18)10-12-9-16-7-3-2-6-14(16)15-12/h2-9,11H,10H2,1H3. The van der Waals surface area contributed by atoms with Crippen molar-refractivity contribution in [2.24, 2.45) is 0 Å². The molecule has 0 amide bonds. The van der Waals surface area contributed by atoms with Gasteiger partial charge in [-0.2, -0.15) is 0 Å². The first kappa shape index (κ1) is 13.3. The van der Waals surface area contributed by atoms with Crippen molar-refractivity contribution in [1.82, 2.24) is 9.38 Å². The Bertz CT molecular complexity index is 787. The van der Waals surface area contributed by atoms with Crippen LogP contribution in [0.5, 0.6) is 0 Å². The van der Waals surface area contributed by atoms with Gasteiger partial charge in [-0.05, 0) is 30.5 Å². The number of nitrogens with zero attached hydrogens (tertiary/aromatic N) is 2. The fourth-order valence-corrected chi connectivity index (χ4v) is 4.59. The Labute approximate surface area is 121 Å². The highest BCUT2D eigenvalue weighted by molar-refractivity contribution is 7.91. The SMILES string of the molecule is CC(c1cccs1)S(=O)(=O)Cc1cn2ccccc2n1. The second-order valence-electron chi connectivity index (χ2n) is 4.66. The summed E-state index contributed by atoms with van der Waals surface area (Å²) in [6, 6.07) is 9.36. The summed E-state index contributed by atoms with van der Waals surface area (Å²) in [7, 11) is -3.25. The number of imidazole rings is 1. The zero-order chi connectivity index (χ0) is 14.2. The van der Waals surface area contributed by atoms with Crippen LogP contribution < -0.4 is 0 Å². The van der Waals surface area contributed by atoms with E-state index in [-0.39, 0.29) is 5.75 Å². The molecule has 0 aliphatic heterocycles. The highest BCUT2D eigenvalue weighted by atomic mass is 32.2. The smallest absolute Gasteiger partial charge is 0.163 e. The third-order valence-corrected chi connectivity index (χ3v) is 6.48. The Balaban J connectivity index is 1.89. The molecule has 1 unspecified atom stereocenters. The van der Waals surface area contributed by atoms with Gasteiger partial charge in [0.25, 0.3) is 0 Å². The van der Waals surface area contributed by atoms with Gasteiger partial charge in [-0.1, -0.05) is 12.1 Å². The Morgan fingerprint density at radius 3 is 2.85 bits per heavy atom. The molecule has 0 bridgehead atoms. The van der Waals surface area contributed by atoms with Crippen molar-refractivity contribution in [3.8, 4) is 0 Å². The lowest BCUT2D eigenvalue weighted by Gasteiger charge is -2.09. The van der Waals surface area contributed by atoms with Gasteiger partial charge < -0.3 is 4.40 Å². The Kier molecular flexibility index (Phi) is 3.35. The van der Waals surface area contributed by atoms with E-state index in [9.17, 15) is 8.42 Å². The second kappa shape index (κ2) is 5.03. The van der Waals surface area contributed by atoms with Gasteiger partial charge >= 0.3 is 0 Å². The molecular formula is C14H14N2O2S2. The molecule has 104 valence electrons. The van der Waals surface area contributed by atoms with E-state index in [0.717, 1.165) is 10.5 Å². The average molecular weight is 306 g/mol. The molecule has 1 atom stereocenters. The van der Waals surface area contributed by atoms with Crippen molar-refractivity contribution >= 4 is 26.8 Å². The minimum absolute atomic E-state index is 0.0340. The third kappa shape index (κ3) is 2.48. The van der Waals surface area contributed by atoms with Crippen LogP contribution in [0.25, 0.3) is 5.65 Å². The van der Waals surface area contributed by atoms with Crippen molar-refractivity contribution in [2.75, 3.05) is 0 Å². The largest absolute Gasteiger partial charge is 0.307 e. The Morgan fingerprint density at radius 1 is 1.30 bits per heavy atom. The van der Waals surface area contributed by atoms with Crippen molar-refractivity contribution in [1.29, 1.82) is 0 Å². The first-order valence-corrected chi connectivity index (χ1v) is 8.83. The van der Waals surface area contributed by atoms with E-state index >= 15 is 0 Å². The molecule has 3 heterocycles. The molecule has 6 heteroatoms. The van der Waals surface area contributed by atoms with Gasteiger partial charge in [0.15, 0.2) is 9.84 Å². The molecule has 0 radical (unpaired) electrons. The predicted octanol–water partition coefficient (Wildman–Crippen LogP) is 3.07.